The molecule has 15 heavy (non-hydrogen) atoms. The molecule has 0 aromatic carbocycles. The molecule has 2 rings (SSSR count). The van der Waals surface area contributed by atoms with Crippen molar-refractivity contribution in [3.05, 3.63) is 16.7 Å². The van der Waals surface area contributed by atoms with Crippen LogP contribution in [-0.4, -0.2) is 43.5 Å². The van der Waals surface area contributed by atoms with Crippen LogP contribution >= 0.6 is 0 Å². The van der Waals surface area contributed by atoms with Crippen molar-refractivity contribution in [2.75, 3.05) is 6.54 Å². The van der Waals surface area contributed by atoms with Crippen LogP contribution in [0.5, 0.6) is 5.88 Å². The number of aliphatic hydroxyl groups is 1. The summed E-state index contributed by atoms with van der Waals surface area (Å²) in [6.45, 7) is 0.0933. The molecule has 82 valence electrons. The van der Waals surface area contributed by atoms with E-state index in [0.29, 0.717) is 0 Å². The minimum Gasteiger partial charge on any atom is -0.493 e. The van der Waals surface area contributed by atoms with Crippen molar-refractivity contribution >= 4 is 6.03 Å². The van der Waals surface area contributed by atoms with Crippen molar-refractivity contribution < 1.29 is 15.0 Å². The SMILES string of the molecule is O=C1NC(O)CN1Cn1cc(O)[nH]c1=O. The summed E-state index contributed by atoms with van der Waals surface area (Å²) in [5.74, 6) is -0.264. The third kappa shape index (κ3) is 1.79. The number of β-amino-alcohol motifs (C(OH)–C–C–N with tert-alkyl or cyclic N) is 1. The van der Waals surface area contributed by atoms with Gasteiger partial charge in [0.25, 0.3) is 0 Å². The Labute approximate surface area is 83.7 Å². The van der Waals surface area contributed by atoms with E-state index in [1.54, 1.807) is 0 Å². The molecule has 2 heterocycles. The van der Waals surface area contributed by atoms with Gasteiger partial charge in [0, 0.05) is 0 Å². The Morgan fingerprint density at radius 2 is 2.27 bits per heavy atom. The molecule has 1 aromatic rings. The fraction of sp³-hybridized carbons (Fsp3) is 0.429. The van der Waals surface area contributed by atoms with E-state index >= 15 is 0 Å². The Kier molecular flexibility index (Phi) is 2.12. The van der Waals surface area contributed by atoms with E-state index in [-0.39, 0.29) is 19.1 Å². The number of nitrogens with zero attached hydrogens (tertiary/aromatic N) is 2. The van der Waals surface area contributed by atoms with Gasteiger partial charge in [-0.15, -0.1) is 0 Å². The van der Waals surface area contributed by atoms with Gasteiger partial charge in [-0.3, -0.25) is 9.55 Å². The average molecular weight is 214 g/mol. The number of aliphatic hydroxyl groups excluding tert-OH is 1. The van der Waals surface area contributed by atoms with Crippen LogP contribution < -0.4 is 11.0 Å². The zero-order valence-electron chi connectivity index (χ0n) is 7.67. The van der Waals surface area contributed by atoms with E-state index in [0.717, 1.165) is 4.57 Å². The first-order chi connectivity index (χ1) is 7.06. The maximum Gasteiger partial charge on any atom is 0.329 e. The van der Waals surface area contributed by atoms with Gasteiger partial charge < -0.3 is 20.4 Å². The number of hydrogen-bond donors (Lipinski definition) is 4. The first-order valence-corrected chi connectivity index (χ1v) is 4.28. The van der Waals surface area contributed by atoms with Crippen LogP contribution in [0.1, 0.15) is 0 Å². The summed E-state index contributed by atoms with van der Waals surface area (Å²) in [4.78, 5) is 25.7. The van der Waals surface area contributed by atoms with Crippen LogP contribution in [-0.2, 0) is 6.67 Å². The van der Waals surface area contributed by atoms with Gasteiger partial charge in [0.2, 0.25) is 5.88 Å². The van der Waals surface area contributed by atoms with Crippen LogP contribution in [0, 0.1) is 0 Å². The second kappa shape index (κ2) is 3.31. The summed E-state index contributed by atoms with van der Waals surface area (Å²) in [7, 11) is 0. The van der Waals surface area contributed by atoms with Gasteiger partial charge in [-0.05, 0) is 0 Å². The van der Waals surface area contributed by atoms with Crippen LogP contribution in [0.15, 0.2) is 11.0 Å². The predicted octanol–water partition coefficient (Wildman–Crippen LogP) is -1.82. The van der Waals surface area contributed by atoms with Gasteiger partial charge in [-0.1, -0.05) is 0 Å². The van der Waals surface area contributed by atoms with E-state index < -0.39 is 17.9 Å². The number of aromatic hydroxyl groups is 1. The van der Waals surface area contributed by atoms with Crippen molar-refractivity contribution in [3.8, 4) is 5.88 Å². The van der Waals surface area contributed by atoms with E-state index in [1.807, 2.05) is 0 Å². The molecule has 4 N–H and O–H groups in total. The lowest BCUT2D eigenvalue weighted by Gasteiger charge is -2.13. The summed E-state index contributed by atoms with van der Waals surface area (Å²) in [5.41, 5.74) is -0.512. The molecule has 2 amide bonds. The molecule has 1 aromatic heterocycles. The molecule has 0 saturated carbocycles. The first kappa shape index (κ1) is 9.59. The van der Waals surface area contributed by atoms with Crippen molar-refractivity contribution in [3.63, 3.8) is 0 Å². The third-order valence-corrected chi connectivity index (χ3v) is 2.07. The second-order valence-corrected chi connectivity index (χ2v) is 3.24. The third-order valence-electron chi connectivity index (χ3n) is 2.07. The fourth-order valence-electron chi connectivity index (χ4n) is 1.40. The van der Waals surface area contributed by atoms with Crippen molar-refractivity contribution in [1.82, 2.24) is 19.8 Å². The zero-order valence-corrected chi connectivity index (χ0v) is 7.67. The number of hydrogen-bond acceptors (Lipinski definition) is 4. The van der Waals surface area contributed by atoms with Gasteiger partial charge in [-0.25, -0.2) is 9.59 Å². The summed E-state index contributed by atoms with van der Waals surface area (Å²) >= 11 is 0. The van der Waals surface area contributed by atoms with Gasteiger partial charge in [0.15, 0.2) is 0 Å². The number of imidazole rings is 1. The first-order valence-electron chi connectivity index (χ1n) is 4.28. The van der Waals surface area contributed by atoms with Gasteiger partial charge in [0.1, 0.15) is 12.9 Å². The van der Waals surface area contributed by atoms with Crippen LogP contribution in [0.4, 0.5) is 4.79 Å². The molecule has 0 aliphatic carbocycles. The standard InChI is InChI=1S/C7H10N4O4/c12-4-1-10(6(14)8-4)3-11-2-5(13)9-7(11)15/h1,5,12-13H,2-3H2,(H,8,14)(H,9,15). The summed E-state index contributed by atoms with van der Waals surface area (Å²) < 4.78 is 1.13. The number of aromatic amines is 1. The second-order valence-electron chi connectivity index (χ2n) is 3.24. The normalized spacial score (nSPS) is 20.7. The van der Waals surface area contributed by atoms with E-state index in [2.05, 4.69) is 10.3 Å². The topological polar surface area (TPSA) is 111 Å². The molecule has 0 radical (unpaired) electrons. The Balaban J connectivity index is 2.12. The summed E-state index contributed by atoms with van der Waals surface area (Å²) in [6.07, 6.45) is 0.265. The Morgan fingerprint density at radius 3 is 2.73 bits per heavy atom. The number of urea groups is 1. The Morgan fingerprint density at radius 1 is 1.53 bits per heavy atom. The number of H-pyrrole nitrogens is 1. The zero-order chi connectivity index (χ0) is 11.0. The van der Waals surface area contributed by atoms with Gasteiger partial charge >= 0.3 is 11.7 Å². The average Bonchev–Trinajstić information content (AvgIpc) is 2.58. The molecule has 8 heteroatoms. The predicted molar refractivity (Wildman–Crippen MR) is 48.0 cm³/mol. The summed E-state index contributed by atoms with van der Waals surface area (Å²) in [5, 5.41) is 20.4. The van der Waals surface area contributed by atoms with E-state index in [4.69, 9.17) is 10.2 Å². The molecular weight excluding hydrogens is 204 g/mol. The van der Waals surface area contributed by atoms with E-state index in [9.17, 15) is 9.59 Å². The van der Waals surface area contributed by atoms with Crippen LogP contribution in [0.3, 0.4) is 0 Å². The van der Waals surface area contributed by atoms with Crippen molar-refractivity contribution in [2.45, 2.75) is 12.9 Å². The highest BCUT2D eigenvalue weighted by molar-refractivity contribution is 5.76. The maximum atomic E-state index is 11.2. The molecule has 8 nitrogen and oxygen atoms in total. The fourth-order valence-corrected chi connectivity index (χ4v) is 1.40. The lowest BCUT2D eigenvalue weighted by atomic mass is 10.6. The molecule has 1 atom stereocenters. The molecule has 0 spiro atoms. The van der Waals surface area contributed by atoms with Gasteiger partial charge in [0.05, 0.1) is 12.7 Å². The quantitative estimate of drug-likeness (QED) is 0.464. The number of nitrogens with one attached hydrogen (secondary N) is 2. The lowest BCUT2D eigenvalue weighted by Crippen LogP contribution is -2.33. The van der Waals surface area contributed by atoms with Crippen molar-refractivity contribution in [1.29, 1.82) is 0 Å². The lowest BCUT2D eigenvalue weighted by molar-refractivity contribution is 0.153. The molecule has 1 aliphatic heterocycles. The largest absolute Gasteiger partial charge is 0.493 e. The number of aromatic nitrogens is 2. The molecule has 1 saturated heterocycles. The van der Waals surface area contributed by atoms with Crippen LogP contribution in [0.2, 0.25) is 0 Å². The van der Waals surface area contributed by atoms with Crippen molar-refractivity contribution in [2.24, 2.45) is 0 Å². The highest BCUT2D eigenvalue weighted by atomic mass is 16.3. The minimum absolute atomic E-state index is 0.0151. The Bertz CT molecular complexity index is 436. The van der Waals surface area contributed by atoms with Gasteiger partial charge in [-0.2, -0.15) is 0 Å². The molecule has 1 fully saturated rings. The number of amides is 2. The number of carbonyl (C=O) groups excluding carboxylic acids is 1. The molecule has 1 aliphatic rings. The highest BCUT2D eigenvalue weighted by Crippen LogP contribution is 2.05. The molecular formula is C7H10N4O4. The monoisotopic (exact) mass is 214 g/mol. The molecule has 0 bridgehead atoms. The molecule has 1 unspecified atom stereocenters. The summed E-state index contributed by atoms with van der Waals surface area (Å²) in [6, 6.07) is -0.449. The number of carbonyl (C=O) groups is 1. The highest BCUT2D eigenvalue weighted by Gasteiger charge is 2.27. The van der Waals surface area contributed by atoms with E-state index in [1.165, 1.54) is 11.1 Å². The minimum atomic E-state index is -0.916. The Hall–Kier alpha value is -1.96. The maximum absolute atomic E-state index is 11.2. The van der Waals surface area contributed by atoms with Crippen LogP contribution in [0.25, 0.3) is 0 Å². The smallest absolute Gasteiger partial charge is 0.329 e. The number of rotatable bonds is 2.